The number of thiophene rings is 4. The van der Waals surface area contributed by atoms with E-state index in [9.17, 15) is 39.0 Å². The number of fused-ring (bicyclic) bond motifs is 2. The molecule has 0 saturated heterocycles. The third-order valence-corrected chi connectivity index (χ3v) is 24.9. The number of nitrogens with zero attached hydrogens (tertiary/aromatic N) is 2. The maximum atomic E-state index is 14.3. The van der Waals surface area contributed by atoms with Gasteiger partial charge in [-0.2, -0.15) is 0 Å². The van der Waals surface area contributed by atoms with Gasteiger partial charge in [0.1, 0.15) is 11.6 Å². The number of rotatable bonds is 32. The summed E-state index contributed by atoms with van der Waals surface area (Å²) in [4.78, 5) is 90.6. The van der Waals surface area contributed by atoms with Crippen LogP contribution in [0, 0.1) is 35.5 Å². The predicted molar refractivity (Wildman–Crippen MR) is 377 cm³/mol. The number of nitrogens with one attached hydrogen (secondary N) is 2. The Hall–Kier alpha value is -3.18. The van der Waals surface area contributed by atoms with Gasteiger partial charge in [-0.05, 0) is 174 Å². The SMILES string of the molecule is CCCCC(CC)CN1C(=O)C(c2ccc(Br)s2)=c2cc3c(cc21)=C(c1ccc(Br)s1)C(=O)N3CC(CC)CCCC.CCCCC(CC)CNC(=O)C(O)(c1ccc(Br)s1)C1CC(=O)C(C(O)(C(=O)NCC(CC)CCCC)c2ccc(Br)s2)CC1=O. The second kappa shape index (κ2) is 33.6. The highest BCUT2D eigenvalue weighted by molar-refractivity contribution is 9.11. The number of carbonyl (C=O) groups is 6. The zero-order chi connectivity index (χ0) is 64.0. The summed E-state index contributed by atoms with van der Waals surface area (Å²) in [7, 11) is 0. The van der Waals surface area contributed by atoms with Crippen LogP contribution in [0.5, 0.6) is 0 Å². The summed E-state index contributed by atoms with van der Waals surface area (Å²) in [5, 5.41) is 32.0. The fourth-order valence-corrected chi connectivity index (χ4v) is 18.4. The number of anilines is 2. The van der Waals surface area contributed by atoms with Gasteiger partial charge in [-0.25, -0.2) is 0 Å². The van der Waals surface area contributed by atoms with E-state index >= 15 is 0 Å². The van der Waals surface area contributed by atoms with E-state index in [1.165, 1.54) is 0 Å². The number of aliphatic hydroxyl groups is 2. The molecule has 1 fully saturated rings. The van der Waals surface area contributed by atoms with Crippen LogP contribution < -0.4 is 30.9 Å². The highest BCUT2D eigenvalue weighted by Crippen LogP contribution is 2.48. The molecule has 0 spiro atoms. The Morgan fingerprint density at radius 3 is 1.10 bits per heavy atom. The maximum Gasteiger partial charge on any atom is 0.260 e. The fraction of sp³-hybridized carbons (Fsp3) is 0.559. The summed E-state index contributed by atoms with van der Waals surface area (Å²) in [6.07, 6.45) is 15.6. The number of hydrogen-bond donors (Lipinski definition) is 4. The number of amides is 4. The van der Waals surface area contributed by atoms with Gasteiger partial charge in [0.2, 0.25) is 0 Å². The number of carbonyl (C=O) groups excluding carboxylic acids is 6. The molecule has 6 heterocycles. The van der Waals surface area contributed by atoms with E-state index in [-0.39, 0.29) is 33.4 Å². The quantitative estimate of drug-likeness (QED) is 0.0329. The van der Waals surface area contributed by atoms with Crippen LogP contribution in [0.1, 0.15) is 190 Å². The molecular formula is C68H88Br4N4O8S4. The van der Waals surface area contributed by atoms with E-state index in [1.807, 2.05) is 34.1 Å². The Balaban J connectivity index is 0.000000252. The first-order valence-electron chi connectivity index (χ1n) is 31.8. The Morgan fingerprint density at radius 1 is 0.500 bits per heavy atom. The monoisotopic (exact) mass is 1530 g/mol. The van der Waals surface area contributed by atoms with E-state index in [0.29, 0.717) is 45.6 Å². The first-order chi connectivity index (χ1) is 42.2. The van der Waals surface area contributed by atoms with Crippen LogP contribution in [-0.2, 0) is 40.0 Å². The Bertz CT molecular complexity index is 3160. The fourth-order valence-electron chi connectivity index (χ4n) is 12.5. The summed E-state index contributed by atoms with van der Waals surface area (Å²) in [6, 6.07) is 19.0. The van der Waals surface area contributed by atoms with Gasteiger partial charge in [0, 0.05) is 69.0 Å². The lowest BCUT2D eigenvalue weighted by molar-refractivity contribution is -0.168. The lowest BCUT2D eigenvalue weighted by Crippen LogP contribution is -2.59. The summed E-state index contributed by atoms with van der Waals surface area (Å²) >= 11 is 19.5. The molecule has 3 aliphatic rings. The average Bonchev–Trinajstić information content (AvgIpc) is 1.92. The molecule has 0 bridgehead atoms. The molecule has 8 rings (SSSR count). The topological polar surface area (TPSA) is 173 Å². The summed E-state index contributed by atoms with van der Waals surface area (Å²) < 4.78 is 3.33. The smallest absolute Gasteiger partial charge is 0.260 e. The molecule has 2 aliphatic heterocycles. The van der Waals surface area contributed by atoms with Crippen LogP contribution in [0.25, 0.3) is 11.1 Å². The number of benzene rings is 1. The van der Waals surface area contributed by atoms with Crippen LogP contribution >= 0.6 is 109 Å². The number of hydrogen-bond acceptors (Lipinski definition) is 12. The molecule has 1 aliphatic carbocycles. The highest BCUT2D eigenvalue weighted by Gasteiger charge is 2.59. The van der Waals surface area contributed by atoms with Gasteiger partial charge in [-0.3, -0.25) is 28.8 Å². The maximum absolute atomic E-state index is 14.3. The van der Waals surface area contributed by atoms with Gasteiger partial charge in [0.05, 0.1) is 49.5 Å². The Morgan fingerprint density at radius 2 is 0.818 bits per heavy atom. The summed E-state index contributed by atoms with van der Waals surface area (Å²) in [5.74, 6) is -3.88. The second-order valence-corrected chi connectivity index (χ2v) is 33.8. The summed E-state index contributed by atoms with van der Waals surface area (Å²) in [6.45, 7) is 19.3. The number of ketones is 2. The van der Waals surface area contributed by atoms with Gasteiger partial charge in [-0.15, -0.1) is 45.3 Å². The van der Waals surface area contributed by atoms with Crippen molar-refractivity contribution >= 4 is 167 Å². The minimum Gasteiger partial charge on any atom is -0.374 e. The zero-order valence-electron chi connectivity index (χ0n) is 52.2. The number of unbranched alkanes of at least 4 members (excludes halogenated alkanes) is 4. The van der Waals surface area contributed by atoms with Crippen LogP contribution in [0.15, 0.2) is 75.8 Å². The molecule has 4 amide bonds. The molecule has 5 aromatic rings. The number of Topliss-reactive ketones (excluding diaryl/α,β-unsaturated/α-hetero) is 2. The number of halogens is 4. The van der Waals surface area contributed by atoms with Crippen molar-refractivity contribution in [1.82, 2.24) is 10.6 Å². The van der Waals surface area contributed by atoms with Gasteiger partial charge in [0.25, 0.3) is 23.6 Å². The lowest BCUT2D eigenvalue weighted by Gasteiger charge is -2.41. The first kappa shape index (κ1) is 72.2. The van der Waals surface area contributed by atoms with Crippen molar-refractivity contribution in [2.75, 3.05) is 36.0 Å². The molecule has 0 radical (unpaired) electrons. The first-order valence-corrected chi connectivity index (χ1v) is 38.3. The van der Waals surface area contributed by atoms with Gasteiger partial charge >= 0.3 is 0 Å². The standard InChI is InChI=1S/C34H48Br2N2O6S2.C34H40Br2N2O2S2/c1-5-9-11-21(7-3)19-37-31(41)33(43,27-13-15-29(35)45-27)23-17-26(40)24(18-25(23)39)34(44,28-14-16-30(36)46-28)32(42)38-20-22(8-4)12-10-6-2;1-5-9-11-21(7-3)19-37-25-17-24-26(18-23(25)31(33(37)39)27-13-15-29(35)41-27)38(20-22(8-4)12-10-6-2)34(40)32(24)28-14-16-30(36)42-28/h13-16,21-24,43-44H,5-12,17-20H2,1-4H3,(H,37,41)(H,38,42);13-18,21-22H,5-12,19-20H2,1-4H3. The molecule has 480 valence electrons. The van der Waals surface area contributed by atoms with Gasteiger partial charge < -0.3 is 30.6 Å². The van der Waals surface area contributed by atoms with Crippen molar-refractivity contribution in [3.8, 4) is 0 Å². The van der Waals surface area contributed by atoms with E-state index in [4.69, 9.17) is 0 Å². The van der Waals surface area contributed by atoms with E-state index < -0.39 is 59.3 Å². The highest BCUT2D eigenvalue weighted by atomic mass is 79.9. The van der Waals surface area contributed by atoms with Crippen LogP contribution in [0.3, 0.4) is 0 Å². The molecule has 4 N–H and O–H groups in total. The third kappa shape index (κ3) is 16.6. The molecule has 12 nitrogen and oxygen atoms in total. The predicted octanol–water partition coefficient (Wildman–Crippen LogP) is 16.1. The molecule has 8 atom stereocenters. The third-order valence-electron chi connectivity index (χ3n) is 18.1. The van der Waals surface area contributed by atoms with Crippen molar-refractivity contribution in [3.05, 3.63) is 106 Å². The van der Waals surface area contributed by atoms with Crippen molar-refractivity contribution in [2.24, 2.45) is 35.5 Å². The molecule has 1 aromatic carbocycles. The van der Waals surface area contributed by atoms with Crippen molar-refractivity contribution < 1.29 is 39.0 Å². The molecule has 4 aromatic heterocycles. The molecule has 8 unspecified atom stereocenters. The van der Waals surface area contributed by atoms with Crippen LogP contribution in [-0.4, -0.2) is 71.6 Å². The molecule has 20 heteroatoms. The largest absolute Gasteiger partial charge is 0.374 e. The van der Waals surface area contributed by atoms with Crippen molar-refractivity contribution in [2.45, 2.75) is 182 Å². The van der Waals surface area contributed by atoms with E-state index in [0.717, 1.165) is 176 Å². The van der Waals surface area contributed by atoms with Gasteiger partial charge in [-0.1, -0.05) is 132 Å². The van der Waals surface area contributed by atoms with Crippen molar-refractivity contribution in [1.29, 1.82) is 0 Å². The van der Waals surface area contributed by atoms with Gasteiger partial charge in [0.15, 0.2) is 11.2 Å². The molecule has 88 heavy (non-hydrogen) atoms. The molecule has 1 saturated carbocycles. The minimum atomic E-state index is -2.29. The Kier molecular flexibility index (Phi) is 27.6. The van der Waals surface area contributed by atoms with E-state index in [1.54, 1.807) is 46.9 Å². The Labute approximate surface area is 570 Å². The second-order valence-electron chi connectivity index (χ2n) is 23.9. The summed E-state index contributed by atoms with van der Waals surface area (Å²) in [5.41, 5.74) is -1.20. The minimum absolute atomic E-state index is 0.0747. The molecular weight excluding hydrogens is 1450 g/mol. The average molecular weight is 1540 g/mol. The lowest BCUT2D eigenvalue weighted by atomic mass is 9.66. The zero-order valence-corrected chi connectivity index (χ0v) is 61.8. The van der Waals surface area contributed by atoms with E-state index in [2.05, 4.69) is 142 Å². The van der Waals surface area contributed by atoms with Crippen molar-refractivity contribution in [3.63, 3.8) is 0 Å². The van der Waals surface area contributed by atoms with Crippen LogP contribution in [0.4, 0.5) is 11.4 Å². The normalized spacial score (nSPS) is 18.6. The van der Waals surface area contributed by atoms with Crippen LogP contribution in [0.2, 0.25) is 0 Å².